The van der Waals surface area contributed by atoms with Gasteiger partial charge in [0.15, 0.2) is 0 Å². The lowest BCUT2D eigenvalue weighted by Crippen LogP contribution is -2.53. The summed E-state index contributed by atoms with van der Waals surface area (Å²) < 4.78 is 38.8. The number of ether oxygens (including phenoxy) is 2. The van der Waals surface area contributed by atoms with E-state index < -0.39 is 10.0 Å². The lowest BCUT2D eigenvalue weighted by Gasteiger charge is -2.38. The second-order valence-electron chi connectivity index (χ2n) is 8.32. The number of hydrogen-bond donors (Lipinski definition) is 0. The molecule has 0 bridgehead atoms. The SMILES string of the molecule is COc1ccc(CN(Cc2ccc(OC)cc2)S(=O)(=O)CCN2C(=O)N(C)CCC2C)cc1. The van der Waals surface area contributed by atoms with Crippen LogP contribution >= 0.6 is 0 Å². The molecule has 0 aromatic heterocycles. The monoisotopic (exact) mass is 475 g/mol. The molecule has 9 heteroatoms. The maximum Gasteiger partial charge on any atom is 0.320 e. The maximum absolute atomic E-state index is 13.4. The molecule has 1 unspecified atom stereocenters. The molecular weight excluding hydrogens is 442 g/mol. The van der Waals surface area contributed by atoms with Gasteiger partial charge in [-0.15, -0.1) is 0 Å². The van der Waals surface area contributed by atoms with Crippen molar-refractivity contribution in [1.29, 1.82) is 0 Å². The molecule has 1 heterocycles. The van der Waals surface area contributed by atoms with Gasteiger partial charge in [-0.05, 0) is 48.7 Å². The Morgan fingerprint density at radius 3 is 1.88 bits per heavy atom. The fraction of sp³-hybridized carbons (Fsp3) is 0.458. The van der Waals surface area contributed by atoms with Crippen molar-refractivity contribution in [2.24, 2.45) is 0 Å². The van der Waals surface area contributed by atoms with Crippen LogP contribution in [0.25, 0.3) is 0 Å². The number of methoxy groups -OCH3 is 2. The summed E-state index contributed by atoms with van der Waals surface area (Å²) in [5.74, 6) is 1.29. The molecule has 2 aromatic rings. The third kappa shape index (κ3) is 6.39. The van der Waals surface area contributed by atoms with E-state index in [1.165, 1.54) is 4.31 Å². The van der Waals surface area contributed by atoms with Crippen LogP contribution in [-0.2, 0) is 23.1 Å². The van der Waals surface area contributed by atoms with E-state index in [-0.39, 0.29) is 37.5 Å². The molecule has 0 spiro atoms. The summed E-state index contributed by atoms with van der Waals surface area (Å²) in [4.78, 5) is 15.8. The molecule has 180 valence electrons. The number of urea groups is 1. The van der Waals surface area contributed by atoms with Crippen molar-refractivity contribution in [2.75, 3.05) is 40.1 Å². The zero-order chi connectivity index (χ0) is 24.0. The topological polar surface area (TPSA) is 79.4 Å². The molecule has 1 aliphatic heterocycles. The highest BCUT2D eigenvalue weighted by molar-refractivity contribution is 7.89. The lowest BCUT2D eigenvalue weighted by molar-refractivity contribution is 0.118. The van der Waals surface area contributed by atoms with Crippen molar-refractivity contribution in [3.05, 3.63) is 59.7 Å². The van der Waals surface area contributed by atoms with Crippen LogP contribution in [-0.4, -0.2) is 74.7 Å². The van der Waals surface area contributed by atoms with Gasteiger partial charge < -0.3 is 19.3 Å². The van der Waals surface area contributed by atoms with Gasteiger partial charge in [0.05, 0.1) is 20.0 Å². The fourth-order valence-electron chi connectivity index (χ4n) is 3.82. The van der Waals surface area contributed by atoms with Crippen molar-refractivity contribution in [3.8, 4) is 11.5 Å². The summed E-state index contributed by atoms with van der Waals surface area (Å²) in [6.07, 6.45) is 0.823. The minimum absolute atomic E-state index is 0.0144. The first-order valence-electron chi connectivity index (χ1n) is 11.0. The number of sulfonamides is 1. The number of nitrogens with zero attached hydrogens (tertiary/aromatic N) is 3. The number of carbonyl (C=O) groups excluding carboxylic acids is 1. The summed E-state index contributed by atoms with van der Waals surface area (Å²) in [5.41, 5.74) is 1.71. The maximum atomic E-state index is 13.4. The van der Waals surface area contributed by atoms with Gasteiger partial charge in [-0.25, -0.2) is 13.2 Å². The van der Waals surface area contributed by atoms with Crippen molar-refractivity contribution in [2.45, 2.75) is 32.5 Å². The second kappa shape index (κ2) is 10.9. The van der Waals surface area contributed by atoms with Crippen LogP contribution in [0.4, 0.5) is 4.79 Å². The van der Waals surface area contributed by atoms with Crippen molar-refractivity contribution in [3.63, 3.8) is 0 Å². The third-order valence-corrected chi connectivity index (χ3v) is 7.75. The first-order chi connectivity index (χ1) is 15.7. The quantitative estimate of drug-likeness (QED) is 0.527. The summed E-state index contributed by atoms with van der Waals surface area (Å²) in [6.45, 7) is 3.26. The van der Waals surface area contributed by atoms with Crippen molar-refractivity contribution in [1.82, 2.24) is 14.1 Å². The van der Waals surface area contributed by atoms with Gasteiger partial charge in [0.25, 0.3) is 0 Å². The van der Waals surface area contributed by atoms with Crippen molar-refractivity contribution >= 4 is 16.1 Å². The second-order valence-corrected chi connectivity index (χ2v) is 10.4. The highest BCUT2D eigenvalue weighted by atomic mass is 32.2. The summed E-state index contributed by atoms with van der Waals surface area (Å²) in [7, 11) is 1.28. The molecule has 1 fully saturated rings. The predicted molar refractivity (Wildman–Crippen MR) is 128 cm³/mol. The molecule has 0 aliphatic carbocycles. The molecule has 0 N–H and O–H groups in total. The van der Waals surface area contributed by atoms with E-state index in [0.29, 0.717) is 18.0 Å². The van der Waals surface area contributed by atoms with Crippen LogP contribution in [0.3, 0.4) is 0 Å². The average molecular weight is 476 g/mol. The van der Waals surface area contributed by atoms with Crippen LogP contribution in [0.2, 0.25) is 0 Å². The number of hydrogen-bond acceptors (Lipinski definition) is 5. The van der Waals surface area contributed by atoms with Gasteiger partial charge in [-0.2, -0.15) is 4.31 Å². The Bertz CT molecular complexity index is 976. The van der Waals surface area contributed by atoms with Gasteiger partial charge in [0.2, 0.25) is 10.0 Å². The molecule has 0 saturated carbocycles. The minimum Gasteiger partial charge on any atom is -0.497 e. The molecular formula is C24H33N3O5S. The molecule has 8 nitrogen and oxygen atoms in total. The number of carbonyl (C=O) groups is 1. The Morgan fingerprint density at radius 1 is 0.939 bits per heavy atom. The van der Waals surface area contributed by atoms with Crippen LogP contribution in [0.1, 0.15) is 24.5 Å². The van der Waals surface area contributed by atoms with E-state index >= 15 is 0 Å². The Morgan fingerprint density at radius 2 is 1.42 bits per heavy atom. The van der Waals surface area contributed by atoms with E-state index in [1.807, 2.05) is 55.5 Å². The normalized spacial score (nSPS) is 16.9. The number of rotatable bonds is 10. The minimum atomic E-state index is -3.66. The van der Waals surface area contributed by atoms with Gasteiger partial charge in [-0.3, -0.25) is 0 Å². The average Bonchev–Trinajstić information content (AvgIpc) is 2.82. The predicted octanol–water partition coefficient (Wildman–Crippen LogP) is 3.18. The molecule has 0 radical (unpaired) electrons. The van der Waals surface area contributed by atoms with E-state index in [9.17, 15) is 13.2 Å². The third-order valence-electron chi connectivity index (χ3n) is 6.01. The molecule has 1 aliphatic rings. The lowest BCUT2D eigenvalue weighted by atomic mass is 10.1. The zero-order valence-electron chi connectivity index (χ0n) is 19.7. The standard InChI is InChI=1S/C24H33N3O5S/c1-19-13-14-25(2)24(28)27(19)15-16-33(29,30)26(17-20-5-9-22(31-3)10-6-20)18-21-7-11-23(32-4)12-8-21/h5-12,19H,13-18H2,1-4H3. The van der Waals surface area contributed by atoms with Crippen LogP contribution in [0, 0.1) is 0 Å². The first kappa shape index (κ1) is 24.9. The Labute approximate surface area is 196 Å². The first-order valence-corrected chi connectivity index (χ1v) is 12.6. The summed E-state index contributed by atoms with van der Waals surface area (Å²) in [5, 5.41) is 0. The zero-order valence-corrected chi connectivity index (χ0v) is 20.5. The molecule has 3 rings (SSSR count). The molecule has 1 atom stereocenters. The van der Waals surface area contributed by atoms with Crippen LogP contribution < -0.4 is 9.47 Å². The Balaban J connectivity index is 1.79. The van der Waals surface area contributed by atoms with E-state index in [2.05, 4.69) is 0 Å². The highest BCUT2D eigenvalue weighted by Gasteiger charge is 2.31. The summed E-state index contributed by atoms with van der Waals surface area (Å²) >= 11 is 0. The molecule has 1 saturated heterocycles. The van der Waals surface area contributed by atoms with Gasteiger partial charge in [0.1, 0.15) is 11.5 Å². The van der Waals surface area contributed by atoms with Gasteiger partial charge in [-0.1, -0.05) is 24.3 Å². The molecule has 2 amide bonds. The van der Waals surface area contributed by atoms with E-state index in [0.717, 1.165) is 17.5 Å². The summed E-state index contributed by atoms with van der Waals surface area (Å²) in [6, 6.07) is 14.6. The van der Waals surface area contributed by atoms with E-state index in [4.69, 9.17) is 9.47 Å². The van der Waals surface area contributed by atoms with Crippen molar-refractivity contribution < 1.29 is 22.7 Å². The van der Waals surface area contributed by atoms with Crippen LogP contribution in [0.15, 0.2) is 48.5 Å². The Kier molecular flexibility index (Phi) is 8.20. The smallest absolute Gasteiger partial charge is 0.320 e. The number of amides is 2. The fourth-order valence-corrected chi connectivity index (χ4v) is 5.20. The van der Waals surface area contributed by atoms with Crippen LogP contribution in [0.5, 0.6) is 11.5 Å². The van der Waals surface area contributed by atoms with Gasteiger partial charge in [0, 0.05) is 39.3 Å². The highest BCUT2D eigenvalue weighted by Crippen LogP contribution is 2.21. The largest absolute Gasteiger partial charge is 0.497 e. The van der Waals surface area contributed by atoms with E-state index in [1.54, 1.807) is 31.1 Å². The van der Waals surface area contributed by atoms with Gasteiger partial charge >= 0.3 is 6.03 Å². The molecule has 33 heavy (non-hydrogen) atoms. The Hall–Kier alpha value is -2.78. The molecule has 2 aromatic carbocycles. The number of benzene rings is 2.